The third-order valence-corrected chi connectivity index (χ3v) is 5.59. The first-order valence-corrected chi connectivity index (χ1v) is 9.39. The molecule has 132 valence electrons. The van der Waals surface area contributed by atoms with Gasteiger partial charge in [0.1, 0.15) is 0 Å². The van der Waals surface area contributed by atoms with E-state index in [1.807, 2.05) is 24.3 Å². The fraction of sp³-hybridized carbons (Fsp3) is 0.294. The first kappa shape index (κ1) is 15.3. The summed E-state index contributed by atoms with van der Waals surface area (Å²) < 4.78 is 1.38. The van der Waals surface area contributed by atoms with Crippen molar-refractivity contribution in [3.63, 3.8) is 0 Å². The Hall–Kier alpha value is -2.94. The van der Waals surface area contributed by atoms with E-state index in [9.17, 15) is 4.79 Å². The number of imidazole rings is 1. The summed E-state index contributed by atoms with van der Waals surface area (Å²) in [6.07, 6.45) is 2.53. The van der Waals surface area contributed by atoms with Crippen LogP contribution in [0.15, 0.2) is 41.3 Å². The van der Waals surface area contributed by atoms with Gasteiger partial charge in [-0.3, -0.25) is 4.79 Å². The zero-order chi connectivity index (χ0) is 17.5. The van der Waals surface area contributed by atoms with Gasteiger partial charge in [-0.2, -0.15) is 4.52 Å². The number of H-pyrrole nitrogens is 1. The molecule has 8 nitrogen and oxygen atoms in total. The Morgan fingerprint density at radius 2 is 1.88 bits per heavy atom. The standard InChI is InChI=1S/C17H17N7OS/c25-14-6-7-18-16-24(14)21-17(26-16)23-9-3-8-22(10-11-23)15-19-12-4-1-2-5-13(12)20-15/h1-2,4-7H,3,8-11H2,(H,19,20). The molecule has 0 unspecified atom stereocenters. The van der Waals surface area contributed by atoms with Crippen molar-refractivity contribution < 1.29 is 0 Å². The van der Waals surface area contributed by atoms with Crippen molar-refractivity contribution in [2.75, 3.05) is 36.0 Å². The van der Waals surface area contributed by atoms with Gasteiger partial charge in [0, 0.05) is 38.4 Å². The Kier molecular flexibility index (Phi) is 3.59. The number of aromatic nitrogens is 5. The van der Waals surface area contributed by atoms with E-state index in [-0.39, 0.29) is 5.56 Å². The average Bonchev–Trinajstić information content (AvgIpc) is 3.20. The molecule has 0 atom stereocenters. The van der Waals surface area contributed by atoms with Crippen LogP contribution in [0.5, 0.6) is 0 Å². The summed E-state index contributed by atoms with van der Waals surface area (Å²) in [6, 6.07) is 9.51. The normalized spacial score (nSPS) is 15.7. The van der Waals surface area contributed by atoms with Crippen LogP contribution in [0.1, 0.15) is 6.42 Å². The Morgan fingerprint density at radius 3 is 2.77 bits per heavy atom. The summed E-state index contributed by atoms with van der Waals surface area (Å²) in [5, 5.41) is 5.29. The van der Waals surface area contributed by atoms with E-state index < -0.39 is 0 Å². The molecule has 0 amide bonds. The number of aromatic amines is 1. The smallest absolute Gasteiger partial charge is 0.275 e. The van der Waals surface area contributed by atoms with E-state index in [1.54, 1.807) is 0 Å². The molecular formula is C17H17N7OS. The van der Waals surface area contributed by atoms with Crippen LogP contribution in [0.2, 0.25) is 0 Å². The van der Waals surface area contributed by atoms with Gasteiger partial charge in [0.25, 0.3) is 5.56 Å². The average molecular weight is 367 g/mol. The third-order valence-electron chi connectivity index (χ3n) is 4.60. The van der Waals surface area contributed by atoms with Crippen LogP contribution in [0.25, 0.3) is 16.0 Å². The topological polar surface area (TPSA) is 82.4 Å². The Bertz CT molecular complexity index is 1100. The Morgan fingerprint density at radius 1 is 1.04 bits per heavy atom. The van der Waals surface area contributed by atoms with Gasteiger partial charge >= 0.3 is 0 Å². The number of nitrogens with zero attached hydrogens (tertiary/aromatic N) is 6. The summed E-state index contributed by atoms with van der Waals surface area (Å²) in [4.78, 5) is 29.4. The predicted octanol–water partition coefficient (Wildman–Crippen LogP) is 1.74. The van der Waals surface area contributed by atoms with E-state index in [1.165, 1.54) is 28.1 Å². The van der Waals surface area contributed by atoms with E-state index in [4.69, 9.17) is 4.98 Å². The van der Waals surface area contributed by atoms with Crippen molar-refractivity contribution in [3.05, 3.63) is 46.9 Å². The molecule has 0 radical (unpaired) electrons. The van der Waals surface area contributed by atoms with Gasteiger partial charge in [-0.05, 0) is 18.6 Å². The zero-order valence-corrected chi connectivity index (χ0v) is 14.8. The minimum Gasteiger partial charge on any atom is -0.345 e. The second-order valence-corrected chi connectivity index (χ2v) is 7.20. The van der Waals surface area contributed by atoms with Gasteiger partial charge in [-0.1, -0.05) is 23.5 Å². The number of nitrogens with one attached hydrogen (secondary N) is 1. The highest BCUT2D eigenvalue weighted by Gasteiger charge is 2.20. The lowest BCUT2D eigenvalue weighted by molar-refractivity contribution is 0.784. The lowest BCUT2D eigenvalue weighted by Crippen LogP contribution is -2.31. The molecule has 4 heterocycles. The predicted molar refractivity (Wildman–Crippen MR) is 102 cm³/mol. The molecule has 0 bridgehead atoms. The van der Waals surface area contributed by atoms with Crippen molar-refractivity contribution >= 4 is 38.4 Å². The van der Waals surface area contributed by atoms with Crippen LogP contribution in [0.4, 0.5) is 11.1 Å². The lowest BCUT2D eigenvalue weighted by Gasteiger charge is -2.20. The van der Waals surface area contributed by atoms with Crippen LogP contribution in [-0.4, -0.2) is 50.7 Å². The van der Waals surface area contributed by atoms with Crippen LogP contribution in [0, 0.1) is 0 Å². The molecule has 3 aromatic heterocycles. The van der Waals surface area contributed by atoms with Crippen molar-refractivity contribution in [3.8, 4) is 0 Å². The number of rotatable bonds is 2. The van der Waals surface area contributed by atoms with E-state index >= 15 is 0 Å². The molecule has 0 saturated carbocycles. The fourth-order valence-electron chi connectivity index (χ4n) is 3.27. The zero-order valence-electron chi connectivity index (χ0n) is 14.0. The largest absolute Gasteiger partial charge is 0.345 e. The van der Waals surface area contributed by atoms with Gasteiger partial charge in [-0.25, -0.2) is 9.97 Å². The highest BCUT2D eigenvalue weighted by atomic mass is 32.1. The summed E-state index contributed by atoms with van der Waals surface area (Å²) in [6.45, 7) is 3.49. The molecule has 26 heavy (non-hydrogen) atoms. The highest BCUT2D eigenvalue weighted by molar-refractivity contribution is 7.20. The molecule has 1 saturated heterocycles. The maximum absolute atomic E-state index is 11.9. The molecule has 1 aliphatic rings. The highest BCUT2D eigenvalue weighted by Crippen LogP contribution is 2.24. The Balaban J connectivity index is 1.39. The summed E-state index contributed by atoms with van der Waals surface area (Å²) in [5.41, 5.74) is 1.90. The fourth-order valence-corrected chi connectivity index (χ4v) is 4.20. The maximum Gasteiger partial charge on any atom is 0.275 e. The van der Waals surface area contributed by atoms with Gasteiger partial charge in [0.2, 0.25) is 16.0 Å². The Labute approximate surface area is 152 Å². The number of benzene rings is 1. The molecule has 1 aromatic carbocycles. The molecule has 1 aliphatic heterocycles. The molecule has 1 N–H and O–H groups in total. The van der Waals surface area contributed by atoms with Crippen LogP contribution >= 0.6 is 11.3 Å². The summed E-state index contributed by atoms with van der Waals surface area (Å²) >= 11 is 1.45. The minimum absolute atomic E-state index is 0.142. The van der Waals surface area contributed by atoms with Crippen LogP contribution < -0.4 is 15.4 Å². The molecule has 0 spiro atoms. The summed E-state index contributed by atoms with van der Waals surface area (Å²) in [7, 11) is 0. The monoisotopic (exact) mass is 367 g/mol. The quantitative estimate of drug-likeness (QED) is 0.581. The van der Waals surface area contributed by atoms with Gasteiger partial charge < -0.3 is 14.8 Å². The molecule has 9 heteroatoms. The van der Waals surface area contributed by atoms with Crippen LogP contribution in [0.3, 0.4) is 0 Å². The first-order valence-electron chi connectivity index (χ1n) is 8.57. The number of hydrogen-bond acceptors (Lipinski definition) is 7. The van der Waals surface area contributed by atoms with E-state index in [0.717, 1.165) is 54.7 Å². The number of fused-ring (bicyclic) bond motifs is 2. The van der Waals surface area contributed by atoms with E-state index in [0.29, 0.717) is 4.96 Å². The van der Waals surface area contributed by atoms with E-state index in [2.05, 4.69) is 24.9 Å². The maximum atomic E-state index is 11.9. The minimum atomic E-state index is -0.142. The second kappa shape index (κ2) is 6.10. The van der Waals surface area contributed by atoms with Crippen molar-refractivity contribution in [2.45, 2.75) is 6.42 Å². The van der Waals surface area contributed by atoms with Gasteiger partial charge in [0.05, 0.1) is 11.0 Å². The molecule has 1 fully saturated rings. The van der Waals surface area contributed by atoms with Crippen molar-refractivity contribution in [2.24, 2.45) is 0 Å². The summed E-state index contributed by atoms with van der Waals surface area (Å²) in [5.74, 6) is 0.912. The molecule has 4 aromatic rings. The number of para-hydroxylation sites is 2. The number of anilines is 2. The lowest BCUT2D eigenvalue weighted by atomic mass is 10.3. The molecule has 0 aliphatic carbocycles. The molecular weight excluding hydrogens is 350 g/mol. The first-order chi connectivity index (χ1) is 12.8. The number of hydrogen-bond donors (Lipinski definition) is 1. The SMILES string of the molecule is O=c1ccnc2sc(N3CCCN(c4nc5ccccc5[nH]4)CC3)nn12. The van der Waals surface area contributed by atoms with Crippen LogP contribution in [-0.2, 0) is 0 Å². The van der Waals surface area contributed by atoms with Crippen molar-refractivity contribution in [1.29, 1.82) is 0 Å². The second-order valence-electron chi connectivity index (χ2n) is 6.27. The molecule has 5 rings (SSSR count). The van der Waals surface area contributed by atoms with Crippen molar-refractivity contribution in [1.82, 2.24) is 24.6 Å². The van der Waals surface area contributed by atoms with Gasteiger partial charge in [-0.15, -0.1) is 5.10 Å². The van der Waals surface area contributed by atoms with Gasteiger partial charge in [0.15, 0.2) is 0 Å². The third kappa shape index (κ3) is 2.60.